The highest BCUT2D eigenvalue weighted by Crippen LogP contribution is 2.25. The van der Waals surface area contributed by atoms with Crippen LogP contribution in [0.1, 0.15) is 38.2 Å². The Kier molecular flexibility index (Phi) is 3.96. The standard InChI is InChI=1S/C12H18O2/c1-3-10(8-9(2)13)11-4-6-12(14)7-5-11/h4-7,9-10,13-14H,3,8H2,1-2H3. The van der Waals surface area contributed by atoms with Crippen LogP contribution in [0.5, 0.6) is 5.75 Å². The number of aromatic hydroxyl groups is 1. The van der Waals surface area contributed by atoms with Crippen molar-refractivity contribution in [2.24, 2.45) is 0 Å². The van der Waals surface area contributed by atoms with E-state index in [-0.39, 0.29) is 6.10 Å². The summed E-state index contributed by atoms with van der Waals surface area (Å²) >= 11 is 0. The second-order valence-electron chi connectivity index (χ2n) is 3.78. The van der Waals surface area contributed by atoms with Gasteiger partial charge in [-0.15, -0.1) is 0 Å². The first-order valence-electron chi connectivity index (χ1n) is 5.10. The molecule has 0 aliphatic rings. The quantitative estimate of drug-likeness (QED) is 0.773. The Hall–Kier alpha value is -1.02. The molecule has 0 saturated heterocycles. The average molecular weight is 194 g/mol. The molecule has 78 valence electrons. The molecule has 1 rings (SSSR count). The Bertz CT molecular complexity index is 264. The summed E-state index contributed by atoms with van der Waals surface area (Å²) in [5.74, 6) is 0.677. The van der Waals surface area contributed by atoms with E-state index in [1.54, 1.807) is 12.1 Å². The maximum Gasteiger partial charge on any atom is 0.115 e. The summed E-state index contributed by atoms with van der Waals surface area (Å²) in [6.45, 7) is 3.92. The van der Waals surface area contributed by atoms with Crippen LogP contribution in [0.25, 0.3) is 0 Å². The predicted octanol–water partition coefficient (Wildman–Crippen LogP) is 2.66. The minimum Gasteiger partial charge on any atom is -0.508 e. The van der Waals surface area contributed by atoms with Gasteiger partial charge >= 0.3 is 0 Å². The minimum atomic E-state index is -0.270. The van der Waals surface area contributed by atoms with Crippen LogP contribution >= 0.6 is 0 Å². The molecule has 0 radical (unpaired) electrons. The third kappa shape index (κ3) is 3.04. The van der Waals surface area contributed by atoms with Crippen molar-refractivity contribution in [3.8, 4) is 5.75 Å². The lowest BCUT2D eigenvalue weighted by molar-refractivity contribution is 0.173. The van der Waals surface area contributed by atoms with E-state index in [1.165, 1.54) is 5.56 Å². The zero-order valence-corrected chi connectivity index (χ0v) is 8.77. The van der Waals surface area contributed by atoms with Crippen LogP contribution in [0.4, 0.5) is 0 Å². The molecule has 0 fully saturated rings. The molecule has 0 amide bonds. The van der Waals surface area contributed by atoms with Gasteiger partial charge in [-0.05, 0) is 43.4 Å². The van der Waals surface area contributed by atoms with Crippen molar-refractivity contribution in [3.63, 3.8) is 0 Å². The van der Waals surface area contributed by atoms with Crippen molar-refractivity contribution in [1.29, 1.82) is 0 Å². The summed E-state index contributed by atoms with van der Waals surface area (Å²) in [7, 11) is 0. The lowest BCUT2D eigenvalue weighted by Crippen LogP contribution is -2.07. The molecule has 0 saturated carbocycles. The molecule has 0 aromatic heterocycles. The number of hydrogen-bond acceptors (Lipinski definition) is 2. The van der Waals surface area contributed by atoms with Gasteiger partial charge in [-0.2, -0.15) is 0 Å². The number of hydrogen-bond donors (Lipinski definition) is 2. The van der Waals surface area contributed by atoms with Crippen LogP contribution in [0.2, 0.25) is 0 Å². The number of aliphatic hydroxyl groups is 1. The molecule has 2 unspecified atom stereocenters. The fraction of sp³-hybridized carbons (Fsp3) is 0.500. The van der Waals surface area contributed by atoms with Gasteiger partial charge in [-0.25, -0.2) is 0 Å². The molecule has 14 heavy (non-hydrogen) atoms. The van der Waals surface area contributed by atoms with E-state index in [0.29, 0.717) is 11.7 Å². The van der Waals surface area contributed by atoms with Crippen LogP contribution in [0.15, 0.2) is 24.3 Å². The largest absolute Gasteiger partial charge is 0.508 e. The predicted molar refractivity (Wildman–Crippen MR) is 57.4 cm³/mol. The van der Waals surface area contributed by atoms with E-state index in [0.717, 1.165) is 12.8 Å². The van der Waals surface area contributed by atoms with Crippen molar-refractivity contribution in [1.82, 2.24) is 0 Å². The highest BCUT2D eigenvalue weighted by atomic mass is 16.3. The van der Waals surface area contributed by atoms with E-state index >= 15 is 0 Å². The van der Waals surface area contributed by atoms with E-state index in [9.17, 15) is 5.11 Å². The topological polar surface area (TPSA) is 40.5 Å². The molecule has 0 bridgehead atoms. The van der Waals surface area contributed by atoms with Gasteiger partial charge in [0.25, 0.3) is 0 Å². The van der Waals surface area contributed by atoms with Crippen molar-refractivity contribution >= 4 is 0 Å². The van der Waals surface area contributed by atoms with Gasteiger partial charge in [0.1, 0.15) is 5.75 Å². The third-order valence-electron chi connectivity index (χ3n) is 2.48. The summed E-state index contributed by atoms with van der Waals surface area (Å²) in [5, 5.41) is 18.5. The summed E-state index contributed by atoms with van der Waals surface area (Å²) in [4.78, 5) is 0. The van der Waals surface area contributed by atoms with Gasteiger partial charge in [0, 0.05) is 0 Å². The average Bonchev–Trinajstić information content (AvgIpc) is 2.15. The summed E-state index contributed by atoms with van der Waals surface area (Å²) in [5.41, 5.74) is 1.19. The zero-order chi connectivity index (χ0) is 10.6. The third-order valence-corrected chi connectivity index (χ3v) is 2.48. The molecular formula is C12H18O2. The Morgan fingerprint density at radius 3 is 2.21 bits per heavy atom. The SMILES string of the molecule is CCC(CC(C)O)c1ccc(O)cc1. The van der Waals surface area contributed by atoms with Gasteiger partial charge < -0.3 is 10.2 Å². The zero-order valence-electron chi connectivity index (χ0n) is 8.77. The van der Waals surface area contributed by atoms with E-state index in [2.05, 4.69) is 6.92 Å². The number of aliphatic hydroxyl groups excluding tert-OH is 1. The minimum absolute atomic E-state index is 0.270. The molecule has 0 heterocycles. The highest BCUT2D eigenvalue weighted by molar-refractivity contribution is 5.28. The first-order valence-corrected chi connectivity index (χ1v) is 5.10. The Labute approximate surface area is 85.2 Å². The highest BCUT2D eigenvalue weighted by Gasteiger charge is 2.11. The van der Waals surface area contributed by atoms with Crippen LogP contribution in [-0.2, 0) is 0 Å². The fourth-order valence-electron chi connectivity index (χ4n) is 1.70. The Morgan fingerprint density at radius 2 is 1.79 bits per heavy atom. The first kappa shape index (κ1) is 11.1. The summed E-state index contributed by atoms with van der Waals surface area (Å²) in [6, 6.07) is 7.23. The van der Waals surface area contributed by atoms with Gasteiger partial charge in [-0.1, -0.05) is 19.1 Å². The van der Waals surface area contributed by atoms with Crippen LogP contribution in [0, 0.1) is 0 Å². The molecule has 2 heteroatoms. The second kappa shape index (κ2) is 5.01. The normalized spacial score (nSPS) is 15.1. The van der Waals surface area contributed by atoms with Crippen molar-refractivity contribution in [2.75, 3.05) is 0 Å². The molecule has 0 aliphatic heterocycles. The smallest absolute Gasteiger partial charge is 0.115 e. The lowest BCUT2D eigenvalue weighted by Gasteiger charge is -2.16. The van der Waals surface area contributed by atoms with Crippen molar-refractivity contribution in [3.05, 3.63) is 29.8 Å². The maximum atomic E-state index is 9.32. The van der Waals surface area contributed by atoms with Crippen LogP contribution in [-0.4, -0.2) is 16.3 Å². The maximum absolute atomic E-state index is 9.32. The van der Waals surface area contributed by atoms with Crippen LogP contribution in [0.3, 0.4) is 0 Å². The van der Waals surface area contributed by atoms with E-state index in [4.69, 9.17) is 5.11 Å². The molecule has 2 N–H and O–H groups in total. The van der Waals surface area contributed by atoms with Gasteiger partial charge in [0.2, 0.25) is 0 Å². The van der Waals surface area contributed by atoms with E-state index < -0.39 is 0 Å². The number of rotatable bonds is 4. The van der Waals surface area contributed by atoms with E-state index in [1.807, 2.05) is 19.1 Å². The van der Waals surface area contributed by atoms with Gasteiger partial charge in [0.05, 0.1) is 6.10 Å². The molecule has 2 atom stereocenters. The van der Waals surface area contributed by atoms with Crippen molar-refractivity contribution < 1.29 is 10.2 Å². The van der Waals surface area contributed by atoms with Crippen molar-refractivity contribution in [2.45, 2.75) is 38.7 Å². The monoisotopic (exact) mass is 194 g/mol. The summed E-state index contributed by atoms with van der Waals surface area (Å²) in [6.07, 6.45) is 1.52. The molecule has 1 aromatic carbocycles. The number of phenols is 1. The first-order chi connectivity index (χ1) is 6.63. The van der Waals surface area contributed by atoms with Crippen LogP contribution < -0.4 is 0 Å². The Morgan fingerprint density at radius 1 is 1.21 bits per heavy atom. The Balaban J connectivity index is 2.73. The lowest BCUT2D eigenvalue weighted by atomic mass is 9.91. The molecule has 2 nitrogen and oxygen atoms in total. The van der Waals surface area contributed by atoms with Gasteiger partial charge in [-0.3, -0.25) is 0 Å². The molecule has 0 spiro atoms. The molecular weight excluding hydrogens is 176 g/mol. The fourth-order valence-corrected chi connectivity index (χ4v) is 1.70. The molecule has 0 aliphatic carbocycles. The summed E-state index contributed by atoms with van der Waals surface area (Å²) < 4.78 is 0. The molecule has 1 aromatic rings. The van der Waals surface area contributed by atoms with Gasteiger partial charge in [0.15, 0.2) is 0 Å². The number of benzene rings is 1. The number of phenolic OH excluding ortho intramolecular Hbond substituents is 1. The second-order valence-corrected chi connectivity index (χ2v) is 3.78.